The van der Waals surface area contributed by atoms with Crippen molar-refractivity contribution in [1.82, 2.24) is 4.90 Å². The van der Waals surface area contributed by atoms with Gasteiger partial charge in [-0.1, -0.05) is 6.92 Å². The molecule has 0 unspecified atom stereocenters. The summed E-state index contributed by atoms with van der Waals surface area (Å²) in [7, 11) is 0. The maximum Gasteiger partial charge on any atom is 0.336 e. The van der Waals surface area contributed by atoms with Crippen LogP contribution in [0.25, 0.3) is 0 Å². The second-order valence-electron chi connectivity index (χ2n) is 4.49. The fourth-order valence-corrected chi connectivity index (χ4v) is 2.05. The van der Waals surface area contributed by atoms with Crippen molar-refractivity contribution in [3.8, 4) is 0 Å². The van der Waals surface area contributed by atoms with Crippen molar-refractivity contribution in [2.45, 2.75) is 20.0 Å². The number of carboxylic acids is 1. The maximum absolute atomic E-state index is 13.3. The van der Waals surface area contributed by atoms with Crippen molar-refractivity contribution >= 4 is 5.97 Å². The highest BCUT2D eigenvalue weighted by Gasteiger charge is 2.14. The Labute approximate surface area is 116 Å². The van der Waals surface area contributed by atoms with Crippen LogP contribution in [0, 0.1) is 5.82 Å². The molecule has 0 spiro atoms. The molecule has 0 aliphatic heterocycles. The summed E-state index contributed by atoms with van der Waals surface area (Å²) in [6, 6.07) is 7.39. The normalized spacial score (nSPS) is 10.9. The van der Waals surface area contributed by atoms with Gasteiger partial charge in [-0.15, -0.1) is 0 Å². The van der Waals surface area contributed by atoms with E-state index in [4.69, 9.17) is 9.52 Å². The van der Waals surface area contributed by atoms with E-state index < -0.39 is 11.8 Å². The number of halogens is 1. The van der Waals surface area contributed by atoms with Gasteiger partial charge in [0.05, 0.1) is 18.4 Å². The zero-order valence-electron chi connectivity index (χ0n) is 11.2. The second kappa shape index (κ2) is 6.34. The smallest absolute Gasteiger partial charge is 0.336 e. The van der Waals surface area contributed by atoms with Gasteiger partial charge in [0.15, 0.2) is 0 Å². The van der Waals surface area contributed by atoms with Gasteiger partial charge in [0, 0.05) is 6.54 Å². The molecular weight excluding hydrogens is 261 g/mol. The van der Waals surface area contributed by atoms with Gasteiger partial charge in [0.1, 0.15) is 11.6 Å². The Kier molecular flexibility index (Phi) is 4.53. The molecule has 20 heavy (non-hydrogen) atoms. The number of carbonyl (C=O) groups is 1. The van der Waals surface area contributed by atoms with Gasteiger partial charge in [-0.3, -0.25) is 4.90 Å². The van der Waals surface area contributed by atoms with Crippen LogP contribution in [0.4, 0.5) is 4.39 Å². The summed E-state index contributed by atoms with van der Waals surface area (Å²) in [6.07, 6.45) is 1.59. The van der Waals surface area contributed by atoms with Crippen LogP contribution in [-0.2, 0) is 13.1 Å². The molecule has 4 nitrogen and oxygen atoms in total. The van der Waals surface area contributed by atoms with Gasteiger partial charge in [0.25, 0.3) is 0 Å². The first kappa shape index (κ1) is 14.3. The molecule has 2 aromatic rings. The Morgan fingerprint density at radius 1 is 1.35 bits per heavy atom. The topological polar surface area (TPSA) is 53.7 Å². The molecule has 0 bridgehead atoms. The third kappa shape index (κ3) is 3.45. The van der Waals surface area contributed by atoms with Crippen molar-refractivity contribution in [3.05, 3.63) is 59.3 Å². The zero-order chi connectivity index (χ0) is 14.5. The summed E-state index contributed by atoms with van der Waals surface area (Å²) in [4.78, 5) is 13.1. The molecule has 2 rings (SSSR count). The van der Waals surface area contributed by atoms with Gasteiger partial charge in [-0.25, -0.2) is 9.18 Å². The molecule has 0 saturated carbocycles. The fraction of sp³-hybridized carbons (Fsp3) is 0.267. The van der Waals surface area contributed by atoms with Crippen LogP contribution < -0.4 is 0 Å². The number of nitrogens with zero attached hydrogens (tertiary/aromatic N) is 1. The molecule has 106 valence electrons. The van der Waals surface area contributed by atoms with Crippen molar-refractivity contribution in [2.75, 3.05) is 6.54 Å². The van der Waals surface area contributed by atoms with E-state index >= 15 is 0 Å². The van der Waals surface area contributed by atoms with Gasteiger partial charge in [0.2, 0.25) is 0 Å². The number of furan rings is 1. The number of rotatable bonds is 6. The summed E-state index contributed by atoms with van der Waals surface area (Å²) in [5.41, 5.74) is 0.593. The van der Waals surface area contributed by atoms with E-state index in [1.807, 2.05) is 17.9 Å². The fourth-order valence-electron chi connectivity index (χ4n) is 2.05. The Hall–Kier alpha value is -2.14. The first-order valence-corrected chi connectivity index (χ1v) is 6.36. The lowest BCUT2D eigenvalue weighted by molar-refractivity contribution is 0.0694. The third-order valence-electron chi connectivity index (χ3n) is 3.10. The summed E-state index contributed by atoms with van der Waals surface area (Å²) in [5, 5.41) is 9.14. The van der Waals surface area contributed by atoms with Gasteiger partial charge in [-0.2, -0.15) is 0 Å². The maximum atomic E-state index is 13.3. The van der Waals surface area contributed by atoms with E-state index in [1.165, 1.54) is 12.1 Å². The Balaban J connectivity index is 2.18. The Bertz CT molecular complexity index is 581. The molecule has 0 aliphatic rings. The molecule has 0 atom stereocenters. The van der Waals surface area contributed by atoms with Crippen molar-refractivity contribution in [2.24, 2.45) is 0 Å². The predicted octanol–water partition coefficient (Wildman–Crippen LogP) is 3.14. The highest BCUT2D eigenvalue weighted by molar-refractivity contribution is 5.89. The number of hydrogen-bond acceptors (Lipinski definition) is 3. The summed E-state index contributed by atoms with van der Waals surface area (Å²) in [5.74, 6) is -0.687. The second-order valence-corrected chi connectivity index (χ2v) is 4.49. The van der Waals surface area contributed by atoms with E-state index in [1.54, 1.807) is 12.3 Å². The standard InChI is InChI=1S/C15H16FNO3/c1-2-17(10-13-4-3-7-20-13)9-11-8-12(16)5-6-14(11)15(18)19/h3-8H,2,9-10H2,1H3,(H,18,19). The molecular formula is C15H16FNO3. The minimum absolute atomic E-state index is 0.129. The van der Waals surface area contributed by atoms with Crippen LogP contribution in [0.2, 0.25) is 0 Å². The predicted molar refractivity (Wildman–Crippen MR) is 71.9 cm³/mol. The molecule has 0 saturated heterocycles. The van der Waals surface area contributed by atoms with Crippen LogP contribution >= 0.6 is 0 Å². The average molecular weight is 277 g/mol. The number of benzene rings is 1. The molecule has 1 heterocycles. The van der Waals surface area contributed by atoms with Gasteiger partial charge < -0.3 is 9.52 Å². The van der Waals surface area contributed by atoms with E-state index in [0.29, 0.717) is 25.2 Å². The summed E-state index contributed by atoms with van der Waals surface area (Å²) < 4.78 is 18.6. The van der Waals surface area contributed by atoms with Gasteiger partial charge in [-0.05, 0) is 42.4 Å². The number of carboxylic acid groups (broad SMARTS) is 1. The van der Waals surface area contributed by atoms with Gasteiger partial charge >= 0.3 is 5.97 Å². The zero-order valence-corrected chi connectivity index (χ0v) is 11.2. The summed E-state index contributed by atoms with van der Waals surface area (Å²) >= 11 is 0. The van der Waals surface area contributed by atoms with E-state index in [2.05, 4.69) is 0 Å². The number of aromatic carboxylic acids is 1. The Morgan fingerprint density at radius 3 is 2.75 bits per heavy atom. The molecule has 5 heteroatoms. The molecule has 1 N–H and O–H groups in total. The van der Waals surface area contributed by atoms with E-state index in [9.17, 15) is 9.18 Å². The molecule has 0 aliphatic carbocycles. The first-order valence-electron chi connectivity index (χ1n) is 6.36. The van der Waals surface area contributed by atoms with Crippen molar-refractivity contribution < 1.29 is 18.7 Å². The van der Waals surface area contributed by atoms with E-state index in [-0.39, 0.29) is 5.56 Å². The monoisotopic (exact) mass is 277 g/mol. The third-order valence-corrected chi connectivity index (χ3v) is 3.10. The van der Waals surface area contributed by atoms with Crippen LogP contribution in [0.15, 0.2) is 41.0 Å². The lowest BCUT2D eigenvalue weighted by atomic mass is 10.1. The lowest BCUT2D eigenvalue weighted by Crippen LogP contribution is -2.23. The van der Waals surface area contributed by atoms with Crippen LogP contribution in [0.5, 0.6) is 0 Å². The largest absolute Gasteiger partial charge is 0.478 e. The SMILES string of the molecule is CCN(Cc1ccco1)Cc1cc(F)ccc1C(=O)O. The molecule has 1 aromatic carbocycles. The van der Waals surface area contributed by atoms with Crippen LogP contribution in [0.1, 0.15) is 28.6 Å². The van der Waals surface area contributed by atoms with Crippen molar-refractivity contribution in [1.29, 1.82) is 0 Å². The molecule has 0 amide bonds. The van der Waals surface area contributed by atoms with Crippen LogP contribution in [-0.4, -0.2) is 22.5 Å². The van der Waals surface area contributed by atoms with E-state index in [0.717, 1.165) is 11.8 Å². The highest BCUT2D eigenvalue weighted by Crippen LogP contribution is 2.16. The minimum Gasteiger partial charge on any atom is -0.478 e. The van der Waals surface area contributed by atoms with Crippen molar-refractivity contribution in [3.63, 3.8) is 0 Å². The lowest BCUT2D eigenvalue weighted by Gasteiger charge is -2.20. The minimum atomic E-state index is -1.05. The molecule has 0 fully saturated rings. The quantitative estimate of drug-likeness (QED) is 0.881. The highest BCUT2D eigenvalue weighted by atomic mass is 19.1. The Morgan fingerprint density at radius 2 is 2.15 bits per heavy atom. The van der Waals surface area contributed by atoms with Crippen LogP contribution in [0.3, 0.4) is 0 Å². The number of hydrogen-bond donors (Lipinski definition) is 1. The summed E-state index contributed by atoms with van der Waals surface area (Å²) in [6.45, 7) is 3.58. The first-order chi connectivity index (χ1) is 9.60. The molecule has 0 radical (unpaired) electrons. The molecule has 1 aromatic heterocycles. The average Bonchev–Trinajstić information content (AvgIpc) is 2.90.